The van der Waals surface area contributed by atoms with Gasteiger partial charge in [-0.05, 0) is 64.7 Å². The van der Waals surface area contributed by atoms with Gasteiger partial charge in [0.15, 0.2) is 0 Å². The van der Waals surface area contributed by atoms with Gasteiger partial charge in [-0.25, -0.2) is 0 Å². The number of hydrogen-bond donors (Lipinski definition) is 2. The van der Waals surface area contributed by atoms with E-state index in [9.17, 15) is 9.59 Å². The summed E-state index contributed by atoms with van der Waals surface area (Å²) in [5.74, 6) is 0.265. The number of halogens is 2. The lowest BCUT2D eigenvalue weighted by Gasteiger charge is -2.12. The van der Waals surface area contributed by atoms with Gasteiger partial charge in [-0.1, -0.05) is 35.8 Å². The second-order valence-electron chi connectivity index (χ2n) is 6.22. The van der Waals surface area contributed by atoms with E-state index in [1.54, 1.807) is 30.3 Å². The fourth-order valence-corrected chi connectivity index (χ4v) is 2.88. The normalized spacial score (nSPS) is 10.5. The number of carbonyl (C=O) groups is 2. The fraction of sp³-hybridized carbons (Fsp3) is 0.263. The molecule has 7 heteroatoms. The van der Waals surface area contributed by atoms with Crippen LogP contribution in [0, 0.1) is 12.8 Å². The minimum absolute atomic E-state index is 0.394. The molecule has 0 fully saturated rings. The van der Waals surface area contributed by atoms with Gasteiger partial charge in [-0.2, -0.15) is 0 Å². The SMILES string of the molecule is Cc1ccc(C(=O)NNC(=O)c2ccc(OCC(C)C)c(Br)c2)cc1Br. The number of ether oxygens (including phenoxy) is 1. The maximum Gasteiger partial charge on any atom is 0.269 e. The van der Waals surface area contributed by atoms with Crippen LogP contribution in [0.15, 0.2) is 45.3 Å². The average molecular weight is 484 g/mol. The molecule has 0 spiro atoms. The molecule has 0 saturated heterocycles. The molecule has 0 aliphatic carbocycles. The van der Waals surface area contributed by atoms with Crippen molar-refractivity contribution in [3.8, 4) is 5.75 Å². The Morgan fingerprint density at radius 3 is 2.00 bits per heavy atom. The quantitative estimate of drug-likeness (QED) is 0.609. The highest BCUT2D eigenvalue weighted by atomic mass is 79.9. The number of rotatable bonds is 5. The Bertz CT molecular complexity index is 822. The van der Waals surface area contributed by atoms with Gasteiger partial charge in [0.25, 0.3) is 11.8 Å². The lowest BCUT2D eigenvalue weighted by Crippen LogP contribution is -2.41. The first kappa shape index (κ1) is 20.5. The summed E-state index contributed by atoms with van der Waals surface area (Å²) in [5, 5.41) is 0. The molecule has 2 rings (SSSR count). The monoisotopic (exact) mass is 482 g/mol. The Kier molecular flexibility index (Phi) is 7.23. The molecule has 0 aromatic heterocycles. The third-order valence-corrected chi connectivity index (χ3v) is 4.96. The number of aryl methyl sites for hydroxylation is 1. The Morgan fingerprint density at radius 1 is 0.962 bits per heavy atom. The fourth-order valence-electron chi connectivity index (χ4n) is 2.01. The van der Waals surface area contributed by atoms with Crippen LogP contribution in [0.4, 0.5) is 0 Å². The van der Waals surface area contributed by atoms with Gasteiger partial charge < -0.3 is 4.74 Å². The summed E-state index contributed by atoms with van der Waals surface area (Å²) in [5.41, 5.74) is 6.70. The Morgan fingerprint density at radius 2 is 1.50 bits per heavy atom. The minimum Gasteiger partial charge on any atom is -0.492 e. The van der Waals surface area contributed by atoms with Gasteiger partial charge in [0.05, 0.1) is 11.1 Å². The van der Waals surface area contributed by atoms with Crippen LogP contribution in [0.2, 0.25) is 0 Å². The third-order valence-electron chi connectivity index (χ3n) is 3.49. The summed E-state index contributed by atoms with van der Waals surface area (Å²) in [6.07, 6.45) is 0. The summed E-state index contributed by atoms with van der Waals surface area (Å²) >= 11 is 6.78. The van der Waals surface area contributed by atoms with Crippen LogP contribution in [-0.2, 0) is 0 Å². The van der Waals surface area contributed by atoms with Gasteiger partial charge in [0, 0.05) is 15.6 Å². The van der Waals surface area contributed by atoms with Crippen LogP contribution in [-0.4, -0.2) is 18.4 Å². The lowest BCUT2D eigenvalue weighted by molar-refractivity contribution is 0.0846. The number of hydrogen-bond acceptors (Lipinski definition) is 3. The van der Waals surface area contributed by atoms with E-state index in [4.69, 9.17) is 4.74 Å². The Balaban J connectivity index is 1.97. The molecule has 0 aliphatic heterocycles. The summed E-state index contributed by atoms with van der Waals surface area (Å²) < 4.78 is 7.17. The lowest BCUT2D eigenvalue weighted by atomic mass is 10.1. The van der Waals surface area contributed by atoms with Crippen LogP contribution < -0.4 is 15.6 Å². The van der Waals surface area contributed by atoms with E-state index >= 15 is 0 Å². The van der Waals surface area contributed by atoms with Crippen molar-refractivity contribution in [2.75, 3.05) is 6.61 Å². The molecule has 0 heterocycles. The van der Waals surface area contributed by atoms with E-state index < -0.39 is 11.8 Å². The molecule has 26 heavy (non-hydrogen) atoms. The van der Waals surface area contributed by atoms with Gasteiger partial charge in [-0.15, -0.1) is 0 Å². The van der Waals surface area contributed by atoms with E-state index in [-0.39, 0.29) is 0 Å². The van der Waals surface area contributed by atoms with Crippen molar-refractivity contribution in [2.24, 2.45) is 5.92 Å². The largest absolute Gasteiger partial charge is 0.492 e. The smallest absolute Gasteiger partial charge is 0.269 e. The minimum atomic E-state index is -0.416. The number of amides is 2. The molecular weight excluding hydrogens is 464 g/mol. The molecule has 2 aromatic rings. The van der Waals surface area contributed by atoms with E-state index in [0.717, 1.165) is 10.0 Å². The predicted molar refractivity (Wildman–Crippen MR) is 108 cm³/mol. The molecule has 2 amide bonds. The van der Waals surface area contributed by atoms with Crippen molar-refractivity contribution in [3.63, 3.8) is 0 Å². The van der Waals surface area contributed by atoms with Crippen molar-refractivity contribution in [1.82, 2.24) is 10.9 Å². The van der Waals surface area contributed by atoms with Crippen molar-refractivity contribution < 1.29 is 14.3 Å². The molecule has 2 aromatic carbocycles. The molecule has 0 bridgehead atoms. The number of carbonyl (C=O) groups excluding carboxylic acids is 2. The van der Waals surface area contributed by atoms with Crippen LogP contribution in [0.3, 0.4) is 0 Å². The van der Waals surface area contributed by atoms with Crippen LogP contribution >= 0.6 is 31.9 Å². The highest BCUT2D eigenvalue weighted by Crippen LogP contribution is 2.26. The molecular formula is C19H20Br2N2O3. The standard InChI is InChI=1S/C19H20Br2N2O3/c1-11(2)10-26-17-7-6-14(9-16(17)21)19(25)23-22-18(24)13-5-4-12(3)15(20)8-13/h4-9,11H,10H2,1-3H3,(H,22,24)(H,23,25). The Labute approximate surface area is 169 Å². The number of hydrazine groups is 1. The summed E-state index contributed by atoms with van der Waals surface area (Å²) in [4.78, 5) is 24.4. The molecule has 0 aliphatic rings. The average Bonchev–Trinajstić information content (AvgIpc) is 2.60. The van der Waals surface area contributed by atoms with E-state index in [2.05, 4.69) is 56.6 Å². The third kappa shape index (κ3) is 5.57. The topological polar surface area (TPSA) is 67.4 Å². The summed E-state index contributed by atoms with van der Waals surface area (Å²) in [6.45, 7) is 6.64. The zero-order valence-corrected chi connectivity index (χ0v) is 17.9. The summed E-state index contributed by atoms with van der Waals surface area (Å²) in [7, 11) is 0. The van der Waals surface area contributed by atoms with Crippen LogP contribution in [0.1, 0.15) is 40.1 Å². The predicted octanol–water partition coefficient (Wildman–Crippen LogP) is 4.63. The van der Waals surface area contributed by atoms with Crippen LogP contribution in [0.5, 0.6) is 5.75 Å². The highest BCUT2D eigenvalue weighted by molar-refractivity contribution is 9.10. The molecule has 0 saturated carbocycles. The first-order valence-corrected chi connectivity index (χ1v) is 9.65. The zero-order valence-electron chi connectivity index (χ0n) is 14.7. The van der Waals surface area contributed by atoms with E-state index in [1.165, 1.54) is 0 Å². The van der Waals surface area contributed by atoms with Gasteiger partial charge in [-0.3, -0.25) is 20.4 Å². The number of benzene rings is 2. The zero-order chi connectivity index (χ0) is 19.3. The maximum absolute atomic E-state index is 12.2. The second-order valence-corrected chi connectivity index (χ2v) is 7.93. The van der Waals surface area contributed by atoms with Gasteiger partial charge >= 0.3 is 0 Å². The molecule has 2 N–H and O–H groups in total. The van der Waals surface area contributed by atoms with Crippen molar-refractivity contribution in [1.29, 1.82) is 0 Å². The van der Waals surface area contributed by atoms with E-state index in [0.29, 0.717) is 33.9 Å². The van der Waals surface area contributed by atoms with Crippen molar-refractivity contribution >= 4 is 43.7 Å². The van der Waals surface area contributed by atoms with Crippen LogP contribution in [0.25, 0.3) is 0 Å². The Hall–Kier alpha value is -1.86. The van der Waals surface area contributed by atoms with Gasteiger partial charge in [0.1, 0.15) is 5.75 Å². The van der Waals surface area contributed by atoms with Crippen molar-refractivity contribution in [2.45, 2.75) is 20.8 Å². The van der Waals surface area contributed by atoms with Crippen molar-refractivity contribution in [3.05, 3.63) is 62.0 Å². The number of nitrogens with one attached hydrogen (secondary N) is 2. The summed E-state index contributed by atoms with van der Waals surface area (Å²) in [6, 6.07) is 10.2. The molecule has 138 valence electrons. The second kappa shape index (κ2) is 9.19. The molecule has 0 unspecified atom stereocenters. The highest BCUT2D eigenvalue weighted by Gasteiger charge is 2.12. The molecule has 0 atom stereocenters. The van der Waals surface area contributed by atoms with E-state index in [1.807, 2.05) is 13.0 Å². The van der Waals surface area contributed by atoms with Gasteiger partial charge in [0.2, 0.25) is 0 Å². The first-order valence-electron chi connectivity index (χ1n) is 8.07. The maximum atomic E-state index is 12.2. The molecule has 5 nitrogen and oxygen atoms in total. The molecule has 0 radical (unpaired) electrons. The first-order chi connectivity index (χ1) is 12.3.